The largest absolute Gasteiger partial charge is 0.423 e. The first-order chi connectivity index (χ1) is 15.2. The number of allylic oxidation sites excluding steroid dienone is 2. The van der Waals surface area contributed by atoms with Crippen LogP contribution in [0.15, 0.2) is 48.8 Å². The van der Waals surface area contributed by atoms with E-state index >= 15 is 0 Å². The van der Waals surface area contributed by atoms with Gasteiger partial charge in [0.05, 0.1) is 12.4 Å². The van der Waals surface area contributed by atoms with Gasteiger partial charge in [0, 0.05) is 25.2 Å². The average Bonchev–Trinajstić information content (AvgIpc) is 2.79. The summed E-state index contributed by atoms with van der Waals surface area (Å²) in [6, 6.07) is 8.35. The van der Waals surface area contributed by atoms with Crippen molar-refractivity contribution in [3.8, 4) is 17.1 Å². The smallest absolute Gasteiger partial charge is 0.311 e. The molecule has 0 atom stereocenters. The van der Waals surface area contributed by atoms with Crippen LogP contribution in [0.2, 0.25) is 0 Å². The summed E-state index contributed by atoms with van der Waals surface area (Å²) in [5, 5.41) is 0. The van der Waals surface area contributed by atoms with E-state index in [1.807, 2.05) is 18.2 Å². The molecule has 0 bridgehead atoms. The molecule has 0 aliphatic heterocycles. The van der Waals surface area contributed by atoms with Gasteiger partial charge in [-0.1, -0.05) is 63.1 Å². The van der Waals surface area contributed by atoms with Crippen LogP contribution in [0.5, 0.6) is 5.75 Å². The number of aryl methyl sites for hydroxylation is 1. The summed E-state index contributed by atoms with van der Waals surface area (Å²) in [5.74, 6) is 0.742. The van der Waals surface area contributed by atoms with Gasteiger partial charge in [0.1, 0.15) is 0 Å². The van der Waals surface area contributed by atoms with E-state index in [1.165, 1.54) is 18.4 Å². The second-order valence-electron chi connectivity index (χ2n) is 7.64. The summed E-state index contributed by atoms with van der Waals surface area (Å²) in [5.41, 5.74) is 2.27. The maximum Gasteiger partial charge on any atom is 0.311 e. The van der Waals surface area contributed by atoms with E-state index in [4.69, 9.17) is 9.47 Å². The number of hydrogen-bond donors (Lipinski definition) is 0. The maximum absolute atomic E-state index is 11.9. The fourth-order valence-corrected chi connectivity index (χ4v) is 3.08. The molecule has 0 fully saturated rings. The van der Waals surface area contributed by atoms with Crippen LogP contribution in [0, 0.1) is 0 Å². The molecule has 0 spiro atoms. The lowest BCUT2D eigenvalue weighted by Gasteiger charge is -2.06. The van der Waals surface area contributed by atoms with Crippen LogP contribution >= 0.6 is 0 Å². The van der Waals surface area contributed by atoms with E-state index in [0.29, 0.717) is 24.4 Å². The van der Waals surface area contributed by atoms with Gasteiger partial charge in [0.15, 0.2) is 11.6 Å². The number of hydrogen-bond acceptors (Lipinski definition) is 5. The Hall–Kier alpha value is -2.53. The lowest BCUT2D eigenvalue weighted by atomic mass is 10.0. The molecule has 168 valence electrons. The van der Waals surface area contributed by atoms with Crippen LogP contribution in [0.25, 0.3) is 11.4 Å². The number of unbranched alkanes of at least 4 members (excludes halogenated alkanes) is 3. The molecule has 0 radical (unpaired) electrons. The quantitative estimate of drug-likeness (QED) is 0.190. The summed E-state index contributed by atoms with van der Waals surface area (Å²) in [6.07, 6.45) is 16.1. The van der Waals surface area contributed by atoms with Gasteiger partial charge in [-0.2, -0.15) is 0 Å². The van der Waals surface area contributed by atoms with E-state index in [0.717, 1.165) is 50.9 Å². The summed E-state index contributed by atoms with van der Waals surface area (Å²) >= 11 is 0. The zero-order chi connectivity index (χ0) is 22.2. The zero-order valence-corrected chi connectivity index (χ0v) is 19.0. The van der Waals surface area contributed by atoms with Gasteiger partial charge in [-0.3, -0.25) is 4.79 Å². The molecule has 1 aromatic carbocycles. The van der Waals surface area contributed by atoms with Gasteiger partial charge < -0.3 is 9.47 Å². The second-order valence-corrected chi connectivity index (χ2v) is 7.64. The molecule has 0 saturated carbocycles. The SMILES string of the molecule is CCCC=CCCC(=O)Oc1cnc(-c2ccc(CCCCCOCCC)cc2)nc1. The van der Waals surface area contributed by atoms with Crippen LogP contribution in [-0.4, -0.2) is 29.2 Å². The molecule has 1 aromatic heterocycles. The van der Waals surface area contributed by atoms with Crippen LogP contribution in [-0.2, 0) is 16.0 Å². The third kappa shape index (κ3) is 10.4. The number of esters is 1. The van der Waals surface area contributed by atoms with E-state index in [2.05, 4.69) is 42.0 Å². The minimum absolute atomic E-state index is 0.265. The Balaban J connectivity index is 1.73. The third-order valence-electron chi connectivity index (χ3n) is 4.81. The fraction of sp³-hybridized carbons (Fsp3) is 0.500. The van der Waals surface area contributed by atoms with Crippen molar-refractivity contribution in [3.05, 3.63) is 54.4 Å². The molecule has 0 aliphatic carbocycles. The van der Waals surface area contributed by atoms with Crippen LogP contribution in [0.1, 0.15) is 70.8 Å². The fourth-order valence-electron chi connectivity index (χ4n) is 3.08. The Labute approximate surface area is 186 Å². The molecule has 2 rings (SSSR count). The van der Waals surface area contributed by atoms with Crippen molar-refractivity contribution in [2.24, 2.45) is 0 Å². The first-order valence-electron chi connectivity index (χ1n) is 11.6. The molecule has 0 unspecified atom stereocenters. The molecule has 0 saturated heterocycles. The molecule has 0 aliphatic rings. The lowest BCUT2D eigenvalue weighted by Crippen LogP contribution is -2.07. The molecule has 5 heteroatoms. The van der Waals surface area contributed by atoms with Gasteiger partial charge in [-0.25, -0.2) is 9.97 Å². The summed E-state index contributed by atoms with van der Waals surface area (Å²) in [7, 11) is 0. The predicted octanol–water partition coefficient (Wildman–Crippen LogP) is 6.32. The number of carbonyl (C=O) groups excluding carboxylic acids is 1. The number of carbonyl (C=O) groups is 1. The van der Waals surface area contributed by atoms with Crippen molar-refractivity contribution in [1.29, 1.82) is 0 Å². The minimum atomic E-state index is -0.265. The number of rotatable bonds is 15. The van der Waals surface area contributed by atoms with E-state index in [-0.39, 0.29) is 5.97 Å². The monoisotopic (exact) mass is 424 g/mol. The number of nitrogens with zero attached hydrogens (tertiary/aromatic N) is 2. The third-order valence-corrected chi connectivity index (χ3v) is 4.81. The van der Waals surface area contributed by atoms with Crippen molar-refractivity contribution < 1.29 is 14.3 Å². The van der Waals surface area contributed by atoms with Crippen molar-refractivity contribution in [1.82, 2.24) is 9.97 Å². The van der Waals surface area contributed by atoms with E-state index < -0.39 is 0 Å². The maximum atomic E-state index is 11.9. The summed E-state index contributed by atoms with van der Waals surface area (Å²) in [6.45, 7) is 5.99. The Bertz CT molecular complexity index is 770. The Morgan fingerprint density at radius 2 is 1.65 bits per heavy atom. The minimum Gasteiger partial charge on any atom is -0.423 e. The highest BCUT2D eigenvalue weighted by atomic mass is 16.5. The van der Waals surface area contributed by atoms with Crippen molar-refractivity contribution in [2.45, 2.75) is 71.6 Å². The van der Waals surface area contributed by atoms with Gasteiger partial charge in [0.25, 0.3) is 0 Å². The van der Waals surface area contributed by atoms with Crippen molar-refractivity contribution in [2.75, 3.05) is 13.2 Å². The average molecular weight is 425 g/mol. The first kappa shape index (κ1) is 24.7. The molecular weight excluding hydrogens is 388 g/mol. The van der Waals surface area contributed by atoms with Crippen LogP contribution < -0.4 is 4.74 Å². The topological polar surface area (TPSA) is 61.3 Å². The van der Waals surface area contributed by atoms with Crippen molar-refractivity contribution >= 4 is 5.97 Å². The van der Waals surface area contributed by atoms with E-state index in [9.17, 15) is 4.79 Å². The molecular formula is C26H36N2O3. The number of ether oxygens (including phenoxy) is 2. The standard InChI is InChI=1S/C26H36N2O3/c1-3-5-6-7-10-13-25(29)31-24-20-27-26(28-21-24)23-16-14-22(15-17-23)12-9-8-11-19-30-18-4-2/h6-7,14-17,20-21H,3-5,8-13,18-19H2,1-2H3. The highest BCUT2D eigenvalue weighted by Crippen LogP contribution is 2.18. The summed E-state index contributed by atoms with van der Waals surface area (Å²) in [4.78, 5) is 20.6. The van der Waals surface area contributed by atoms with Crippen LogP contribution in [0.4, 0.5) is 0 Å². The van der Waals surface area contributed by atoms with Crippen LogP contribution in [0.3, 0.4) is 0 Å². The van der Waals surface area contributed by atoms with E-state index in [1.54, 1.807) is 12.4 Å². The highest BCUT2D eigenvalue weighted by Gasteiger charge is 2.07. The second kappa shape index (κ2) is 15.3. The highest BCUT2D eigenvalue weighted by molar-refractivity contribution is 5.72. The molecule has 31 heavy (non-hydrogen) atoms. The van der Waals surface area contributed by atoms with Gasteiger partial charge >= 0.3 is 5.97 Å². The van der Waals surface area contributed by atoms with Gasteiger partial charge in [-0.15, -0.1) is 0 Å². The molecule has 1 heterocycles. The molecule has 0 N–H and O–H groups in total. The normalized spacial score (nSPS) is 11.2. The Morgan fingerprint density at radius 3 is 2.35 bits per heavy atom. The van der Waals surface area contributed by atoms with Crippen molar-refractivity contribution in [3.63, 3.8) is 0 Å². The Kier molecular flexibility index (Phi) is 12.2. The predicted molar refractivity (Wildman–Crippen MR) is 125 cm³/mol. The summed E-state index contributed by atoms with van der Waals surface area (Å²) < 4.78 is 10.8. The van der Waals surface area contributed by atoms with Gasteiger partial charge in [0.2, 0.25) is 0 Å². The van der Waals surface area contributed by atoms with Gasteiger partial charge in [-0.05, 0) is 44.1 Å². The molecule has 0 amide bonds. The Morgan fingerprint density at radius 1 is 0.903 bits per heavy atom. The zero-order valence-electron chi connectivity index (χ0n) is 19.0. The lowest BCUT2D eigenvalue weighted by molar-refractivity contribution is -0.134. The first-order valence-corrected chi connectivity index (χ1v) is 11.6. The molecule has 2 aromatic rings. The number of benzene rings is 1. The molecule has 5 nitrogen and oxygen atoms in total. The number of aromatic nitrogens is 2.